The summed E-state index contributed by atoms with van der Waals surface area (Å²) in [5.74, 6) is 1.06. The Morgan fingerprint density at radius 2 is 1.88 bits per heavy atom. The first-order chi connectivity index (χ1) is 12.6. The van der Waals surface area contributed by atoms with Gasteiger partial charge < -0.3 is 9.72 Å². The van der Waals surface area contributed by atoms with E-state index < -0.39 is 0 Å². The highest BCUT2D eigenvalue weighted by molar-refractivity contribution is 6.01. The smallest absolute Gasteiger partial charge is 0.248 e. The molecule has 0 saturated carbocycles. The zero-order valence-corrected chi connectivity index (χ0v) is 14.6. The van der Waals surface area contributed by atoms with Crippen molar-refractivity contribution < 1.29 is 9.53 Å². The number of hydrogen-bond donors (Lipinski definition) is 1. The number of methoxy groups -OCH3 is 1. The van der Waals surface area contributed by atoms with Crippen molar-refractivity contribution in [3.8, 4) is 5.75 Å². The fourth-order valence-electron chi connectivity index (χ4n) is 3.40. The summed E-state index contributed by atoms with van der Waals surface area (Å²) < 4.78 is 5.17. The van der Waals surface area contributed by atoms with E-state index in [4.69, 9.17) is 4.74 Å². The summed E-state index contributed by atoms with van der Waals surface area (Å²) in [5.41, 5.74) is 2.54. The van der Waals surface area contributed by atoms with Gasteiger partial charge in [-0.05, 0) is 47.3 Å². The van der Waals surface area contributed by atoms with E-state index in [1.807, 2.05) is 18.2 Å². The van der Waals surface area contributed by atoms with Crippen molar-refractivity contribution >= 4 is 16.7 Å². The van der Waals surface area contributed by atoms with Crippen LogP contribution in [0.3, 0.4) is 0 Å². The molecule has 1 N–H and O–H groups in total. The minimum atomic E-state index is -0.134. The molecular weight excluding hydrogens is 328 g/mol. The van der Waals surface area contributed by atoms with E-state index in [0.717, 1.165) is 36.3 Å². The SMILES string of the molecule is COc1ccc(CN2CC(C(=O)c3ccc4[nH]c(=O)ccc4c3)C2)cc1. The average Bonchev–Trinajstić information content (AvgIpc) is 2.64. The Morgan fingerprint density at radius 3 is 2.62 bits per heavy atom. The third-order valence-corrected chi connectivity index (χ3v) is 4.90. The number of aromatic nitrogens is 1. The Bertz CT molecular complexity index is 1000. The number of hydrogen-bond acceptors (Lipinski definition) is 4. The first kappa shape index (κ1) is 16.5. The van der Waals surface area contributed by atoms with Crippen LogP contribution >= 0.6 is 0 Å². The summed E-state index contributed by atoms with van der Waals surface area (Å²) in [6.07, 6.45) is 0. The molecule has 0 amide bonds. The number of benzene rings is 2. The number of ether oxygens (including phenoxy) is 1. The summed E-state index contributed by atoms with van der Waals surface area (Å²) in [6, 6.07) is 16.7. The Kier molecular flexibility index (Phi) is 4.31. The average molecular weight is 348 g/mol. The van der Waals surface area contributed by atoms with Crippen LogP contribution in [0.5, 0.6) is 5.75 Å². The molecule has 26 heavy (non-hydrogen) atoms. The molecular formula is C21H20N2O3. The highest BCUT2D eigenvalue weighted by atomic mass is 16.5. The van der Waals surface area contributed by atoms with E-state index >= 15 is 0 Å². The molecule has 5 heteroatoms. The third kappa shape index (κ3) is 3.26. The van der Waals surface area contributed by atoms with Gasteiger partial charge >= 0.3 is 0 Å². The number of rotatable bonds is 5. The van der Waals surface area contributed by atoms with Gasteiger partial charge in [0, 0.05) is 42.7 Å². The van der Waals surface area contributed by atoms with Crippen LogP contribution in [-0.4, -0.2) is 35.9 Å². The number of aromatic amines is 1. The van der Waals surface area contributed by atoms with Crippen LogP contribution in [0.2, 0.25) is 0 Å². The standard InChI is InChI=1S/C21H20N2O3/c1-26-18-6-2-14(3-7-18)11-23-12-17(13-23)21(25)16-4-8-19-15(10-16)5-9-20(24)22-19/h2-10,17H,11-13H2,1H3,(H,22,24). The van der Waals surface area contributed by atoms with Crippen LogP contribution in [0.15, 0.2) is 59.4 Å². The maximum Gasteiger partial charge on any atom is 0.248 e. The molecule has 4 rings (SSSR count). The van der Waals surface area contributed by atoms with Crippen molar-refractivity contribution in [2.75, 3.05) is 20.2 Å². The van der Waals surface area contributed by atoms with Gasteiger partial charge in [-0.1, -0.05) is 12.1 Å². The minimum Gasteiger partial charge on any atom is -0.497 e. The molecule has 1 aromatic heterocycles. The predicted octanol–water partition coefficient (Wildman–Crippen LogP) is 2.85. The van der Waals surface area contributed by atoms with Crippen molar-refractivity contribution in [1.29, 1.82) is 0 Å². The number of nitrogens with zero attached hydrogens (tertiary/aromatic N) is 1. The number of nitrogens with one attached hydrogen (secondary N) is 1. The normalized spacial score (nSPS) is 15.0. The Balaban J connectivity index is 1.39. The van der Waals surface area contributed by atoms with Crippen molar-refractivity contribution in [2.45, 2.75) is 6.54 Å². The number of H-pyrrole nitrogens is 1. The predicted molar refractivity (Wildman–Crippen MR) is 101 cm³/mol. The summed E-state index contributed by atoms with van der Waals surface area (Å²) in [4.78, 5) is 29.1. The van der Waals surface area contributed by atoms with Gasteiger partial charge in [-0.25, -0.2) is 0 Å². The summed E-state index contributed by atoms with van der Waals surface area (Å²) in [6.45, 7) is 2.38. The molecule has 1 aliphatic rings. The zero-order chi connectivity index (χ0) is 18.1. The number of ketones is 1. The highest BCUT2D eigenvalue weighted by Gasteiger charge is 2.32. The number of fused-ring (bicyclic) bond motifs is 1. The summed E-state index contributed by atoms with van der Waals surface area (Å²) in [5, 5.41) is 0.880. The molecule has 2 heterocycles. The second kappa shape index (κ2) is 6.77. The molecule has 0 spiro atoms. The topological polar surface area (TPSA) is 62.4 Å². The summed E-state index contributed by atoms with van der Waals surface area (Å²) >= 11 is 0. The van der Waals surface area contributed by atoms with Gasteiger partial charge in [-0.2, -0.15) is 0 Å². The number of pyridine rings is 1. The largest absolute Gasteiger partial charge is 0.497 e. The molecule has 0 aliphatic carbocycles. The second-order valence-corrected chi connectivity index (χ2v) is 6.73. The fourth-order valence-corrected chi connectivity index (χ4v) is 3.40. The van der Waals surface area contributed by atoms with Crippen LogP contribution in [0.25, 0.3) is 10.9 Å². The number of likely N-dealkylation sites (tertiary alicyclic amines) is 1. The minimum absolute atomic E-state index is 0.0356. The Hall–Kier alpha value is -2.92. The van der Waals surface area contributed by atoms with Crippen molar-refractivity contribution in [3.63, 3.8) is 0 Å². The fraction of sp³-hybridized carbons (Fsp3) is 0.238. The molecule has 2 aromatic carbocycles. The van der Waals surface area contributed by atoms with Crippen LogP contribution in [-0.2, 0) is 6.54 Å². The van der Waals surface area contributed by atoms with Crippen LogP contribution in [0, 0.1) is 5.92 Å². The molecule has 0 atom stereocenters. The monoisotopic (exact) mass is 348 g/mol. The molecule has 1 saturated heterocycles. The Labute approximate surface area is 151 Å². The van der Waals surface area contributed by atoms with Gasteiger partial charge in [0.05, 0.1) is 7.11 Å². The lowest BCUT2D eigenvalue weighted by Gasteiger charge is -2.38. The van der Waals surface area contributed by atoms with Crippen molar-refractivity contribution in [3.05, 3.63) is 76.1 Å². The molecule has 1 fully saturated rings. The van der Waals surface area contributed by atoms with Crippen LogP contribution in [0.4, 0.5) is 0 Å². The van der Waals surface area contributed by atoms with Gasteiger partial charge in [0.25, 0.3) is 0 Å². The van der Waals surface area contributed by atoms with Gasteiger partial charge in [0.1, 0.15) is 5.75 Å². The molecule has 5 nitrogen and oxygen atoms in total. The van der Waals surface area contributed by atoms with E-state index in [-0.39, 0.29) is 17.3 Å². The molecule has 0 unspecified atom stereocenters. The zero-order valence-electron chi connectivity index (χ0n) is 14.6. The van der Waals surface area contributed by atoms with E-state index in [1.165, 1.54) is 11.6 Å². The van der Waals surface area contributed by atoms with Gasteiger partial charge in [0.2, 0.25) is 5.56 Å². The highest BCUT2D eigenvalue weighted by Crippen LogP contribution is 2.24. The van der Waals surface area contributed by atoms with E-state index in [9.17, 15) is 9.59 Å². The lowest BCUT2D eigenvalue weighted by atomic mass is 9.90. The van der Waals surface area contributed by atoms with E-state index in [1.54, 1.807) is 25.3 Å². The molecule has 0 bridgehead atoms. The maximum atomic E-state index is 12.7. The molecule has 132 valence electrons. The second-order valence-electron chi connectivity index (χ2n) is 6.73. The number of carbonyl (C=O) groups excluding carboxylic acids is 1. The first-order valence-corrected chi connectivity index (χ1v) is 8.65. The van der Waals surface area contributed by atoms with Crippen LogP contribution in [0.1, 0.15) is 15.9 Å². The number of Topliss-reactive ketones (excluding diaryl/α,β-unsaturated/α-hetero) is 1. The molecule has 3 aromatic rings. The van der Waals surface area contributed by atoms with Gasteiger partial charge in [0.15, 0.2) is 5.78 Å². The van der Waals surface area contributed by atoms with E-state index in [2.05, 4.69) is 22.0 Å². The number of carbonyl (C=O) groups is 1. The van der Waals surface area contributed by atoms with Gasteiger partial charge in [-0.3, -0.25) is 14.5 Å². The van der Waals surface area contributed by atoms with Crippen LogP contribution < -0.4 is 10.3 Å². The van der Waals surface area contributed by atoms with E-state index in [0.29, 0.717) is 5.56 Å². The lowest BCUT2D eigenvalue weighted by Crippen LogP contribution is -2.49. The van der Waals surface area contributed by atoms with Crippen molar-refractivity contribution in [2.24, 2.45) is 5.92 Å². The maximum absolute atomic E-state index is 12.7. The first-order valence-electron chi connectivity index (χ1n) is 8.65. The molecule has 0 radical (unpaired) electrons. The third-order valence-electron chi connectivity index (χ3n) is 4.90. The quantitative estimate of drug-likeness (QED) is 0.720. The lowest BCUT2D eigenvalue weighted by molar-refractivity contribution is 0.0595. The van der Waals surface area contributed by atoms with Crippen molar-refractivity contribution in [1.82, 2.24) is 9.88 Å². The summed E-state index contributed by atoms with van der Waals surface area (Å²) in [7, 11) is 1.66. The van der Waals surface area contributed by atoms with Gasteiger partial charge in [-0.15, -0.1) is 0 Å². The Morgan fingerprint density at radius 1 is 1.12 bits per heavy atom. The molecule has 1 aliphatic heterocycles.